The van der Waals surface area contributed by atoms with Crippen LogP contribution in [0.25, 0.3) is 6.08 Å². The number of hydrogen-bond acceptors (Lipinski definition) is 3. The summed E-state index contributed by atoms with van der Waals surface area (Å²) in [5, 5.41) is 0. The molecular weight excluding hydrogens is 314 g/mol. The number of amides is 1. The van der Waals surface area contributed by atoms with Crippen molar-refractivity contribution >= 4 is 12.0 Å². The molecule has 1 heterocycles. The van der Waals surface area contributed by atoms with Crippen LogP contribution in [0.15, 0.2) is 48.5 Å². The highest BCUT2D eigenvalue weighted by atomic mass is 16.5. The standard InChI is InChI=1S/C21H23NO3/c1-3-6-16-9-10-19(20(13-16)24-2)25-15-21(23)22-12-11-17-7-4-5-8-18(17)14-22/h3-10,13H,11-12,14-15H2,1-2H3/b6-3+. The summed E-state index contributed by atoms with van der Waals surface area (Å²) < 4.78 is 11.1. The molecule has 1 aliphatic heterocycles. The molecular formula is C21H23NO3. The summed E-state index contributed by atoms with van der Waals surface area (Å²) in [5.41, 5.74) is 3.58. The number of carbonyl (C=O) groups is 1. The van der Waals surface area contributed by atoms with Gasteiger partial charge in [-0.05, 0) is 42.2 Å². The number of hydrogen-bond donors (Lipinski definition) is 0. The fraction of sp³-hybridized carbons (Fsp3) is 0.286. The minimum absolute atomic E-state index is 0.00548. The summed E-state index contributed by atoms with van der Waals surface area (Å²) >= 11 is 0. The fourth-order valence-corrected chi connectivity index (χ4v) is 3.04. The maximum absolute atomic E-state index is 12.5. The van der Waals surface area contributed by atoms with Crippen molar-refractivity contribution in [1.82, 2.24) is 4.90 Å². The van der Waals surface area contributed by atoms with Gasteiger partial charge in [0.2, 0.25) is 0 Å². The number of rotatable bonds is 5. The second-order valence-corrected chi connectivity index (χ2v) is 6.03. The smallest absolute Gasteiger partial charge is 0.260 e. The Balaban J connectivity index is 1.63. The number of allylic oxidation sites excluding steroid dienone is 1. The van der Waals surface area contributed by atoms with E-state index in [4.69, 9.17) is 9.47 Å². The first kappa shape index (κ1) is 17.1. The predicted molar refractivity (Wildman–Crippen MR) is 98.8 cm³/mol. The van der Waals surface area contributed by atoms with Crippen molar-refractivity contribution in [3.05, 3.63) is 65.2 Å². The lowest BCUT2D eigenvalue weighted by Crippen LogP contribution is -2.38. The SMILES string of the molecule is C/C=C/c1ccc(OCC(=O)N2CCc3ccccc3C2)c(OC)c1. The molecule has 1 aliphatic rings. The molecule has 25 heavy (non-hydrogen) atoms. The zero-order chi connectivity index (χ0) is 17.6. The molecule has 0 saturated heterocycles. The molecule has 4 nitrogen and oxygen atoms in total. The Kier molecular flexibility index (Phi) is 5.39. The van der Waals surface area contributed by atoms with Crippen LogP contribution in [-0.2, 0) is 17.8 Å². The van der Waals surface area contributed by atoms with Crippen molar-refractivity contribution in [3.8, 4) is 11.5 Å². The van der Waals surface area contributed by atoms with Crippen LogP contribution in [0, 0.1) is 0 Å². The van der Waals surface area contributed by atoms with Crippen LogP contribution < -0.4 is 9.47 Å². The van der Waals surface area contributed by atoms with Gasteiger partial charge in [-0.1, -0.05) is 42.5 Å². The second kappa shape index (κ2) is 7.88. The molecule has 2 aromatic carbocycles. The topological polar surface area (TPSA) is 38.8 Å². The average molecular weight is 337 g/mol. The number of nitrogens with zero attached hydrogens (tertiary/aromatic N) is 1. The summed E-state index contributed by atoms with van der Waals surface area (Å²) in [4.78, 5) is 14.3. The van der Waals surface area contributed by atoms with E-state index in [1.165, 1.54) is 11.1 Å². The Morgan fingerprint density at radius 2 is 1.96 bits per heavy atom. The third kappa shape index (κ3) is 4.02. The molecule has 3 rings (SSSR count). The van der Waals surface area contributed by atoms with E-state index in [9.17, 15) is 4.79 Å². The molecule has 0 atom stereocenters. The van der Waals surface area contributed by atoms with Crippen LogP contribution in [0.5, 0.6) is 11.5 Å². The van der Waals surface area contributed by atoms with Crippen LogP contribution in [0.4, 0.5) is 0 Å². The minimum atomic E-state index is -0.00548. The van der Waals surface area contributed by atoms with Gasteiger partial charge in [-0.3, -0.25) is 4.79 Å². The van der Waals surface area contributed by atoms with Crippen LogP contribution in [0.2, 0.25) is 0 Å². The van der Waals surface area contributed by atoms with Gasteiger partial charge in [0.25, 0.3) is 5.91 Å². The molecule has 2 aromatic rings. The Morgan fingerprint density at radius 3 is 2.72 bits per heavy atom. The third-order valence-corrected chi connectivity index (χ3v) is 4.38. The molecule has 0 aromatic heterocycles. The summed E-state index contributed by atoms with van der Waals surface area (Å²) in [6, 6.07) is 14.0. The molecule has 130 valence electrons. The Hall–Kier alpha value is -2.75. The zero-order valence-electron chi connectivity index (χ0n) is 14.7. The van der Waals surface area contributed by atoms with Crippen LogP contribution >= 0.6 is 0 Å². The molecule has 4 heteroatoms. The van der Waals surface area contributed by atoms with Gasteiger partial charge in [0, 0.05) is 13.1 Å². The van der Waals surface area contributed by atoms with Crippen molar-refractivity contribution in [2.24, 2.45) is 0 Å². The molecule has 0 saturated carbocycles. The average Bonchev–Trinajstić information content (AvgIpc) is 2.66. The molecule has 0 bridgehead atoms. The number of methoxy groups -OCH3 is 1. The van der Waals surface area contributed by atoms with Gasteiger partial charge in [0.15, 0.2) is 18.1 Å². The largest absolute Gasteiger partial charge is 0.493 e. The van der Waals surface area contributed by atoms with Gasteiger partial charge in [0.05, 0.1) is 7.11 Å². The molecule has 0 fully saturated rings. The van der Waals surface area contributed by atoms with E-state index < -0.39 is 0 Å². The van der Waals surface area contributed by atoms with Crippen LogP contribution in [-0.4, -0.2) is 31.1 Å². The van der Waals surface area contributed by atoms with Gasteiger partial charge >= 0.3 is 0 Å². The van der Waals surface area contributed by atoms with Crippen molar-refractivity contribution in [3.63, 3.8) is 0 Å². The van der Waals surface area contributed by atoms with E-state index in [0.29, 0.717) is 18.0 Å². The molecule has 0 aliphatic carbocycles. The lowest BCUT2D eigenvalue weighted by atomic mass is 10.00. The molecule has 0 spiro atoms. The summed E-state index contributed by atoms with van der Waals surface area (Å²) in [6.45, 7) is 3.36. The number of carbonyl (C=O) groups excluding carboxylic acids is 1. The molecule has 1 amide bonds. The molecule has 0 unspecified atom stereocenters. The van der Waals surface area contributed by atoms with Crippen molar-refractivity contribution in [2.75, 3.05) is 20.3 Å². The normalized spacial score (nSPS) is 13.6. The Labute approximate surface area is 148 Å². The maximum Gasteiger partial charge on any atom is 0.260 e. The first-order chi connectivity index (χ1) is 12.2. The highest BCUT2D eigenvalue weighted by Gasteiger charge is 2.21. The third-order valence-electron chi connectivity index (χ3n) is 4.38. The summed E-state index contributed by atoms with van der Waals surface area (Å²) in [6.07, 6.45) is 4.85. The van der Waals surface area contributed by atoms with E-state index in [-0.39, 0.29) is 12.5 Å². The first-order valence-corrected chi connectivity index (χ1v) is 8.49. The quantitative estimate of drug-likeness (QED) is 0.835. The van der Waals surface area contributed by atoms with E-state index >= 15 is 0 Å². The van der Waals surface area contributed by atoms with E-state index in [0.717, 1.165) is 18.5 Å². The lowest BCUT2D eigenvalue weighted by Gasteiger charge is -2.28. The number of ether oxygens (including phenoxy) is 2. The lowest BCUT2D eigenvalue weighted by molar-refractivity contribution is -0.134. The Morgan fingerprint density at radius 1 is 1.16 bits per heavy atom. The van der Waals surface area contributed by atoms with E-state index in [2.05, 4.69) is 12.1 Å². The number of benzene rings is 2. The monoisotopic (exact) mass is 337 g/mol. The Bertz CT molecular complexity index is 782. The maximum atomic E-state index is 12.5. The fourth-order valence-electron chi connectivity index (χ4n) is 3.04. The van der Waals surface area contributed by atoms with Gasteiger partial charge < -0.3 is 14.4 Å². The molecule has 0 radical (unpaired) electrons. The number of fused-ring (bicyclic) bond motifs is 1. The van der Waals surface area contributed by atoms with Crippen molar-refractivity contribution < 1.29 is 14.3 Å². The predicted octanol–water partition coefficient (Wildman–Crippen LogP) is 3.69. The zero-order valence-corrected chi connectivity index (χ0v) is 14.7. The van der Waals surface area contributed by atoms with Gasteiger partial charge in [-0.15, -0.1) is 0 Å². The van der Waals surface area contributed by atoms with Crippen molar-refractivity contribution in [2.45, 2.75) is 19.9 Å². The van der Waals surface area contributed by atoms with Gasteiger partial charge in [-0.25, -0.2) is 0 Å². The second-order valence-electron chi connectivity index (χ2n) is 6.03. The van der Waals surface area contributed by atoms with E-state index in [1.807, 2.05) is 54.3 Å². The van der Waals surface area contributed by atoms with Crippen LogP contribution in [0.3, 0.4) is 0 Å². The first-order valence-electron chi connectivity index (χ1n) is 8.49. The molecule has 0 N–H and O–H groups in total. The summed E-state index contributed by atoms with van der Waals surface area (Å²) in [5.74, 6) is 1.21. The van der Waals surface area contributed by atoms with Gasteiger partial charge in [-0.2, -0.15) is 0 Å². The highest BCUT2D eigenvalue weighted by molar-refractivity contribution is 5.78. The summed E-state index contributed by atoms with van der Waals surface area (Å²) in [7, 11) is 1.60. The van der Waals surface area contributed by atoms with Crippen LogP contribution in [0.1, 0.15) is 23.6 Å². The van der Waals surface area contributed by atoms with Gasteiger partial charge in [0.1, 0.15) is 0 Å². The highest BCUT2D eigenvalue weighted by Crippen LogP contribution is 2.28. The van der Waals surface area contributed by atoms with Crippen molar-refractivity contribution in [1.29, 1.82) is 0 Å². The minimum Gasteiger partial charge on any atom is -0.493 e. The van der Waals surface area contributed by atoms with E-state index in [1.54, 1.807) is 7.11 Å².